The summed E-state index contributed by atoms with van der Waals surface area (Å²) in [6, 6.07) is 7.98. The van der Waals surface area contributed by atoms with Crippen molar-refractivity contribution in [3.8, 4) is 0 Å². The van der Waals surface area contributed by atoms with Crippen LogP contribution in [-0.2, 0) is 9.59 Å². The summed E-state index contributed by atoms with van der Waals surface area (Å²) in [5.41, 5.74) is 7.91. The third-order valence-electron chi connectivity index (χ3n) is 6.44. The Kier molecular flexibility index (Phi) is 4.50. The van der Waals surface area contributed by atoms with Crippen molar-refractivity contribution in [1.82, 2.24) is 4.90 Å². The minimum absolute atomic E-state index is 0.0586. The van der Waals surface area contributed by atoms with Gasteiger partial charge in [0.2, 0.25) is 11.8 Å². The molecule has 0 aromatic heterocycles. The molecule has 1 unspecified atom stereocenters. The van der Waals surface area contributed by atoms with E-state index in [-0.39, 0.29) is 17.7 Å². The predicted octanol–water partition coefficient (Wildman–Crippen LogP) is 2.34. The zero-order chi connectivity index (χ0) is 17.4. The Labute approximate surface area is 148 Å². The van der Waals surface area contributed by atoms with E-state index in [2.05, 4.69) is 11.4 Å². The summed E-state index contributed by atoms with van der Waals surface area (Å²) in [6.07, 6.45) is 4.99. The first-order chi connectivity index (χ1) is 12.2. The van der Waals surface area contributed by atoms with Gasteiger partial charge in [-0.15, -0.1) is 0 Å². The Hall–Kier alpha value is -1.88. The van der Waals surface area contributed by atoms with Crippen LogP contribution < -0.4 is 11.1 Å². The molecule has 3 N–H and O–H groups in total. The van der Waals surface area contributed by atoms with E-state index in [0.717, 1.165) is 56.4 Å². The lowest BCUT2D eigenvalue weighted by atomic mass is 9.80. The van der Waals surface area contributed by atoms with Crippen molar-refractivity contribution < 1.29 is 9.59 Å². The van der Waals surface area contributed by atoms with E-state index in [1.165, 1.54) is 0 Å². The highest BCUT2D eigenvalue weighted by Crippen LogP contribution is 2.41. The van der Waals surface area contributed by atoms with Gasteiger partial charge in [0.05, 0.1) is 5.92 Å². The average Bonchev–Trinajstić information content (AvgIpc) is 3.24. The van der Waals surface area contributed by atoms with Crippen LogP contribution in [0.5, 0.6) is 0 Å². The number of para-hydroxylation sites is 1. The van der Waals surface area contributed by atoms with Gasteiger partial charge in [-0.2, -0.15) is 0 Å². The van der Waals surface area contributed by atoms with Gasteiger partial charge in [-0.05, 0) is 55.7 Å². The lowest BCUT2D eigenvalue weighted by Gasteiger charge is -2.36. The highest BCUT2D eigenvalue weighted by Gasteiger charge is 2.40. The Morgan fingerprint density at radius 1 is 1.16 bits per heavy atom. The average molecular weight is 341 g/mol. The van der Waals surface area contributed by atoms with Crippen molar-refractivity contribution in [3.05, 3.63) is 29.8 Å². The topological polar surface area (TPSA) is 75.4 Å². The van der Waals surface area contributed by atoms with Crippen LogP contribution in [0.4, 0.5) is 5.69 Å². The zero-order valence-electron chi connectivity index (χ0n) is 14.6. The van der Waals surface area contributed by atoms with Crippen molar-refractivity contribution in [2.75, 3.05) is 25.0 Å². The molecule has 3 atom stereocenters. The largest absolute Gasteiger partial charge is 0.342 e. The van der Waals surface area contributed by atoms with Gasteiger partial charge in [0, 0.05) is 24.7 Å². The van der Waals surface area contributed by atoms with Gasteiger partial charge in [-0.3, -0.25) is 9.59 Å². The molecule has 2 heterocycles. The molecule has 1 saturated carbocycles. The Balaban J connectivity index is 1.40. The number of rotatable bonds is 3. The highest BCUT2D eigenvalue weighted by atomic mass is 16.2. The molecule has 1 aromatic rings. The molecular formula is C20H27N3O2. The summed E-state index contributed by atoms with van der Waals surface area (Å²) in [5.74, 6) is 1.15. The summed E-state index contributed by atoms with van der Waals surface area (Å²) in [5, 5.41) is 3.00. The molecule has 25 heavy (non-hydrogen) atoms. The van der Waals surface area contributed by atoms with E-state index in [0.29, 0.717) is 24.3 Å². The maximum absolute atomic E-state index is 12.9. The van der Waals surface area contributed by atoms with Crippen molar-refractivity contribution in [3.63, 3.8) is 0 Å². The normalized spacial score (nSPS) is 29.6. The fraction of sp³-hybridized carbons (Fsp3) is 0.600. The number of hydrogen-bond donors (Lipinski definition) is 2. The van der Waals surface area contributed by atoms with E-state index in [1.54, 1.807) is 0 Å². The van der Waals surface area contributed by atoms with Gasteiger partial charge in [0.1, 0.15) is 0 Å². The number of fused-ring (bicyclic) bond motifs is 1. The zero-order valence-corrected chi connectivity index (χ0v) is 14.6. The SMILES string of the molecule is NC[C@H]1CCC[C@H]1C(=O)N1CCC(C2C(=O)Nc3ccccc32)CC1. The van der Waals surface area contributed by atoms with Gasteiger partial charge in [0.15, 0.2) is 0 Å². The van der Waals surface area contributed by atoms with Crippen molar-refractivity contribution in [2.45, 2.75) is 38.0 Å². The smallest absolute Gasteiger partial charge is 0.232 e. The number of amides is 2. The third-order valence-corrected chi connectivity index (χ3v) is 6.44. The molecular weight excluding hydrogens is 314 g/mol. The summed E-state index contributed by atoms with van der Waals surface area (Å²) < 4.78 is 0. The molecule has 2 amide bonds. The molecule has 1 aromatic carbocycles. The number of likely N-dealkylation sites (tertiary alicyclic amines) is 1. The molecule has 2 aliphatic heterocycles. The maximum Gasteiger partial charge on any atom is 0.232 e. The van der Waals surface area contributed by atoms with Crippen LogP contribution in [-0.4, -0.2) is 36.3 Å². The highest BCUT2D eigenvalue weighted by molar-refractivity contribution is 6.03. The van der Waals surface area contributed by atoms with Crippen LogP contribution in [0, 0.1) is 17.8 Å². The first kappa shape index (κ1) is 16.6. The Morgan fingerprint density at radius 3 is 2.68 bits per heavy atom. The van der Waals surface area contributed by atoms with Gasteiger partial charge >= 0.3 is 0 Å². The van der Waals surface area contributed by atoms with Gasteiger partial charge < -0.3 is 16.0 Å². The van der Waals surface area contributed by atoms with E-state index >= 15 is 0 Å². The van der Waals surface area contributed by atoms with Crippen LogP contribution in [0.3, 0.4) is 0 Å². The summed E-state index contributed by atoms with van der Waals surface area (Å²) >= 11 is 0. The third kappa shape index (κ3) is 2.95. The maximum atomic E-state index is 12.9. The number of benzene rings is 1. The van der Waals surface area contributed by atoms with Crippen LogP contribution in [0.15, 0.2) is 24.3 Å². The van der Waals surface area contributed by atoms with Crippen molar-refractivity contribution >= 4 is 17.5 Å². The first-order valence-electron chi connectivity index (χ1n) is 9.57. The molecule has 1 aliphatic carbocycles. The predicted molar refractivity (Wildman–Crippen MR) is 97.0 cm³/mol. The number of carbonyl (C=O) groups excluding carboxylic acids is 2. The number of hydrogen-bond acceptors (Lipinski definition) is 3. The fourth-order valence-electron chi connectivity index (χ4n) is 5.03. The van der Waals surface area contributed by atoms with E-state index in [4.69, 9.17) is 5.73 Å². The lowest BCUT2D eigenvalue weighted by Crippen LogP contribution is -2.44. The minimum Gasteiger partial charge on any atom is -0.342 e. The first-order valence-corrected chi connectivity index (χ1v) is 9.57. The molecule has 0 spiro atoms. The molecule has 1 saturated heterocycles. The molecule has 4 rings (SSSR count). The quantitative estimate of drug-likeness (QED) is 0.886. The van der Waals surface area contributed by atoms with Gasteiger partial charge in [-0.25, -0.2) is 0 Å². The van der Waals surface area contributed by atoms with Crippen LogP contribution in [0.1, 0.15) is 43.6 Å². The molecule has 0 radical (unpaired) electrons. The molecule has 3 aliphatic rings. The summed E-state index contributed by atoms with van der Waals surface area (Å²) in [7, 11) is 0. The standard InChI is InChI=1S/C20H27N3O2/c21-12-14-4-3-6-15(14)20(25)23-10-8-13(9-11-23)18-16-5-1-2-7-17(16)22-19(18)24/h1-2,5,7,13-15,18H,3-4,6,8-12,21H2,(H,22,24)/t14-,15-,18?/m1/s1. The summed E-state index contributed by atoms with van der Waals surface area (Å²) in [6.45, 7) is 2.15. The molecule has 5 heteroatoms. The Bertz CT molecular complexity index is 667. The molecule has 134 valence electrons. The van der Waals surface area contributed by atoms with Crippen molar-refractivity contribution in [2.24, 2.45) is 23.5 Å². The second-order valence-corrected chi connectivity index (χ2v) is 7.75. The van der Waals surface area contributed by atoms with Crippen LogP contribution in [0.2, 0.25) is 0 Å². The number of carbonyl (C=O) groups is 2. The molecule has 2 fully saturated rings. The second kappa shape index (κ2) is 6.79. The molecule has 0 bridgehead atoms. The van der Waals surface area contributed by atoms with Gasteiger partial charge in [-0.1, -0.05) is 24.6 Å². The van der Waals surface area contributed by atoms with E-state index in [9.17, 15) is 9.59 Å². The van der Waals surface area contributed by atoms with Crippen LogP contribution >= 0.6 is 0 Å². The fourth-order valence-corrected chi connectivity index (χ4v) is 5.03. The number of nitrogens with zero attached hydrogens (tertiary/aromatic N) is 1. The van der Waals surface area contributed by atoms with Crippen LogP contribution in [0.25, 0.3) is 0 Å². The number of anilines is 1. The van der Waals surface area contributed by atoms with Gasteiger partial charge in [0.25, 0.3) is 0 Å². The summed E-state index contributed by atoms with van der Waals surface area (Å²) in [4.78, 5) is 27.3. The lowest BCUT2D eigenvalue weighted by molar-refractivity contribution is -0.138. The Morgan fingerprint density at radius 2 is 1.92 bits per heavy atom. The minimum atomic E-state index is -0.0586. The number of piperidine rings is 1. The second-order valence-electron chi connectivity index (χ2n) is 7.75. The van der Waals surface area contributed by atoms with E-state index < -0.39 is 0 Å². The van der Waals surface area contributed by atoms with Crippen molar-refractivity contribution in [1.29, 1.82) is 0 Å². The number of nitrogens with two attached hydrogens (primary N) is 1. The monoisotopic (exact) mass is 341 g/mol. The number of nitrogens with one attached hydrogen (secondary N) is 1. The van der Waals surface area contributed by atoms with E-state index in [1.807, 2.05) is 23.1 Å². The molecule has 5 nitrogen and oxygen atoms in total.